The molecule has 0 saturated heterocycles. The molecule has 0 unspecified atom stereocenters. The van der Waals surface area contributed by atoms with E-state index >= 15 is 0 Å². The average molecular weight is 658 g/mol. The summed E-state index contributed by atoms with van der Waals surface area (Å²) in [5.74, 6) is -1.58. The van der Waals surface area contributed by atoms with Crippen LogP contribution in [0.1, 0.15) is 27.0 Å². The summed E-state index contributed by atoms with van der Waals surface area (Å²) in [6, 6.07) is 30.5. The lowest BCUT2D eigenvalue weighted by molar-refractivity contribution is 0.102. The number of benzene rings is 5. The lowest BCUT2D eigenvalue weighted by Crippen LogP contribution is -2.14. The Morgan fingerprint density at radius 1 is 0.609 bits per heavy atom. The molecule has 0 aliphatic rings. The molecule has 240 valence electrons. The van der Waals surface area contributed by atoms with E-state index < -0.39 is 32.5 Å². The number of halogens is 5. The number of aromatic hydroxyl groups is 1. The molecule has 0 bridgehead atoms. The van der Waals surface area contributed by atoms with Crippen LogP contribution in [0.5, 0.6) is 23.0 Å². The molecule has 12 heteroatoms. The molecular weight excluding hydrogens is 629 g/mol. The van der Waals surface area contributed by atoms with Crippen molar-refractivity contribution in [2.75, 3.05) is 5.32 Å². The molecule has 0 atom stereocenters. The summed E-state index contributed by atoms with van der Waals surface area (Å²) in [6.07, 6.45) is 0. The number of carbonyl (C=O) groups is 1. The van der Waals surface area contributed by atoms with Crippen molar-refractivity contribution in [3.8, 4) is 23.0 Å². The number of anilines is 1. The second kappa shape index (κ2) is 12.3. The Morgan fingerprint density at radius 3 is 1.48 bits per heavy atom. The molecule has 0 spiro atoms. The van der Waals surface area contributed by atoms with Gasteiger partial charge in [-0.25, -0.2) is 0 Å². The van der Waals surface area contributed by atoms with Crippen LogP contribution >= 0.6 is 10.2 Å². The van der Waals surface area contributed by atoms with Crippen LogP contribution in [0.15, 0.2) is 126 Å². The van der Waals surface area contributed by atoms with Gasteiger partial charge in [-0.15, -0.1) is 0 Å². The van der Waals surface area contributed by atoms with Gasteiger partial charge in [0.15, 0.2) is 11.5 Å². The van der Waals surface area contributed by atoms with Crippen molar-refractivity contribution in [1.82, 2.24) is 0 Å². The predicted molar refractivity (Wildman–Crippen MR) is 166 cm³/mol. The Bertz CT molecular complexity index is 1760. The van der Waals surface area contributed by atoms with E-state index in [1.807, 2.05) is 91.0 Å². The first-order valence-electron chi connectivity index (χ1n) is 13.8. The minimum Gasteiger partial charge on any atom is -0.506 e. The minimum absolute atomic E-state index is 0.00818. The van der Waals surface area contributed by atoms with Gasteiger partial charge >= 0.3 is 10.2 Å². The van der Waals surface area contributed by atoms with Gasteiger partial charge in [-0.1, -0.05) is 110 Å². The summed E-state index contributed by atoms with van der Waals surface area (Å²) in [5.41, 5.74) is 1.37. The third-order valence-corrected chi connectivity index (χ3v) is 7.79. The number of phenolic OH excluding ortho intramolecular Hbond substituents is 1. The molecule has 0 heterocycles. The second-order valence-corrected chi connectivity index (χ2v) is 12.6. The quantitative estimate of drug-likeness (QED) is 0.103. The van der Waals surface area contributed by atoms with Crippen LogP contribution in [-0.2, 0) is 19.8 Å². The van der Waals surface area contributed by atoms with E-state index in [1.54, 1.807) is 0 Å². The zero-order chi connectivity index (χ0) is 32.9. The summed E-state index contributed by atoms with van der Waals surface area (Å²) < 4.78 is 85.7. The van der Waals surface area contributed by atoms with Gasteiger partial charge in [0.1, 0.15) is 30.5 Å². The minimum atomic E-state index is -10.1. The van der Waals surface area contributed by atoms with Crippen LogP contribution in [0.4, 0.5) is 25.1 Å². The van der Waals surface area contributed by atoms with Gasteiger partial charge in [0.2, 0.25) is 5.75 Å². The Kier molecular flexibility index (Phi) is 8.59. The van der Waals surface area contributed by atoms with E-state index in [-0.39, 0.29) is 54.8 Å². The van der Waals surface area contributed by atoms with Crippen molar-refractivity contribution in [1.29, 1.82) is 0 Å². The SMILES string of the molecule is O=C(Nc1cc(S(F)(F)(F)(F)F)ccc1O)c1cc(OCc2ccccc2)c(OCc2ccccc2)c(OCc2ccccc2)c1. The molecule has 0 fully saturated rings. The standard InChI is InChI=1S/C34H28F5NO5S/c35-46(36,37,38,39)28-16-17-30(41)29(20-28)40-34(42)27-18-31(43-21-24-10-4-1-5-11-24)33(45-23-26-14-8-3-9-15-26)32(19-27)44-22-25-12-6-2-7-13-25/h1-20,41H,21-23H2,(H,40,42). The van der Waals surface area contributed by atoms with Crippen LogP contribution in [0.2, 0.25) is 0 Å². The van der Waals surface area contributed by atoms with Gasteiger partial charge in [0, 0.05) is 5.56 Å². The Hall–Kier alpha value is -5.23. The molecule has 5 rings (SSSR count). The first kappa shape index (κ1) is 32.2. The maximum absolute atomic E-state index is 13.5. The highest BCUT2D eigenvalue weighted by atomic mass is 32.5. The number of rotatable bonds is 12. The summed E-state index contributed by atoms with van der Waals surface area (Å²) in [5, 5.41) is 12.2. The fourth-order valence-corrected chi connectivity index (χ4v) is 4.98. The number of amides is 1. The third-order valence-electron chi connectivity index (χ3n) is 6.64. The highest BCUT2D eigenvalue weighted by Crippen LogP contribution is 3.02. The monoisotopic (exact) mass is 657 g/mol. The lowest BCUT2D eigenvalue weighted by Gasteiger charge is -2.40. The molecule has 46 heavy (non-hydrogen) atoms. The van der Waals surface area contributed by atoms with Crippen molar-refractivity contribution < 1.29 is 43.5 Å². The average Bonchev–Trinajstić information content (AvgIpc) is 3.03. The van der Waals surface area contributed by atoms with E-state index in [0.717, 1.165) is 16.7 Å². The van der Waals surface area contributed by atoms with Crippen LogP contribution in [0, 0.1) is 0 Å². The number of ether oxygens (including phenoxy) is 3. The van der Waals surface area contributed by atoms with Gasteiger partial charge in [-0.2, -0.15) is 0 Å². The van der Waals surface area contributed by atoms with Gasteiger partial charge < -0.3 is 24.6 Å². The van der Waals surface area contributed by atoms with Gasteiger partial charge in [0.25, 0.3) is 5.91 Å². The summed E-state index contributed by atoms with van der Waals surface area (Å²) in [6.45, 7) is 0.210. The van der Waals surface area contributed by atoms with Crippen molar-refractivity contribution in [2.24, 2.45) is 0 Å². The zero-order valence-electron chi connectivity index (χ0n) is 24.0. The third kappa shape index (κ3) is 8.48. The van der Waals surface area contributed by atoms with Gasteiger partial charge in [-0.05, 0) is 47.0 Å². The number of hydrogen-bond donors (Lipinski definition) is 2. The van der Waals surface area contributed by atoms with E-state index in [0.29, 0.717) is 6.07 Å². The van der Waals surface area contributed by atoms with Crippen LogP contribution in [0.3, 0.4) is 0 Å². The van der Waals surface area contributed by atoms with Crippen LogP contribution in [-0.4, -0.2) is 11.0 Å². The number of phenols is 1. The maximum Gasteiger partial charge on any atom is 0.310 e. The number of carbonyl (C=O) groups excluding carboxylic acids is 1. The normalized spacial score (nSPS) is 12.8. The Balaban J connectivity index is 1.53. The molecule has 2 N–H and O–H groups in total. The van der Waals surface area contributed by atoms with Crippen LogP contribution in [0.25, 0.3) is 0 Å². The molecule has 0 saturated carbocycles. The largest absolute Gasteiger partial charge is 0.506 e. The van der Waals surface area contributed by atoms with Crippen molar-refractivity contribution in [3.63, 3.8) is 0 Å². The first-order valence-corrected chi connectivity index (χ1v) is 15.8. The molecule has 0 aromatic heterocycles. The fourth-order valence-electron chi connectivity index (χ4n) is 4.31. The van der Waals surface area contributed by atoms with E-state index in [1.165, 1.54) is 12.1 Å². The Labute approximate surface area is 261 Å². The Morgan fingerprint density at radius 2 is 1.04 bits per heavy atom. The topological polar surface area (TPSA) is 77.0 Å². The highest BCUT2D eigenvalue weighted by molar-refractivity contribution is 8.45. The van der Waals surface area contributed by atoms with Gasteiger partial charge in [0.05, 0.1) is 5.69 Å². The first-order chi connectivity index (χ1) is 21.7. The molecule has 0 aliphatic carbocycles. The van der Waals surface area contributed by atoms with Gasteiger partial charge in [-0.3, -0.25) is 4.79 Å². The lowest BCUT2D eigenvalue weighted by atomic mass is 10.1. The summed E-state index contributed by atoms with van der Waals surface area (Å²) in [4.78, 5) is 11.1. The molecule has 5 aromatic rings. The molecular formula is C34H28F5NO5S. The maximum atomic E-state index is 13.5. The van der Waals surface area contributed by atoms with Crippen LogP contribution < -0.4 is 19.5 Å². The van der Waals surface area contributed by atoms with Crippen molar-refractivity contribution in [2.45, 2.75) is 24.7 Å². The molecule has 0 aliphatic heterocycles. The predicted octanol–water partition coefficient (Wildman–Crippen LogP) is 10.0. The van der Waals surface area contributed by atoms with Crippen molar-refractivity contribution in [3.05, 3.63) is 144 Å². The van der Waals surface area contributed by atoms with E-state index in [9.17, 15) is 29.3 Å². The number of hydrogen-bond acceptors (Lipinski definition) is 5. The molecule has 6 nitrogen and oxygen atoms in total. The smallest absolute Gasteiger partial charge is 0.310 e. The van der Waals surface area contributed by atoms with Crippen molar-refractivity contribution >= 4 is 21.8 Å². The fraction of sp³-hybridized carbons (Fsp3) is 0.0882. The second-order valence-electron chi connectivity index (χ2n) is 10.2. The number of nitrogens with one attached hydrogen (secondary N) is 1. The van der Waals surface area contributed by atoms with E-state index in [4.69, 9.17) is 14.2 Å². The summed E-state index contributed by atoms with van der Waals surface area (Å²) in [7, 11) is -10.1. The molecule has 0 radical (unpaired) electrons. The molecule has 1 amide bonds. The van der Waals surface area contributed by atoms with E-state index in [2.05, 4.69) is 5.32 Å². The summed E-state index contributed by atoms with van der Waals surface area (Å²) >= 11 is 0. The zero-order valence-corrected chi connectivity index (χ0v) is 24.9. The highest BCUT2D eigenvalue weighted by Gasteiger charge is 2.65. The molecule has 5 aromatic carbocycles.